The van der Waals surface area contributed by atoms with Gasteiger partial charge in [-0.1, -0.05) is 12.1 Å². The molecule has 0 saturated heterocycles. The van der Waals surface area contributed by atoms with Crippen molar-refractivity contribution < 1.29 is 45.5 Å². The number of nitrogens with one attached hydrogen (secondary N) is 1. The minimum atomic E-state index is -5.88. The molecule has 1 aromatic heterocycles. The van der Waals surface area contributed by atoms with E-state index in [1.54, 1.807) is 6.92 Å². The van der Waals surface area contributed by atoms with Crippen molar-refractivity contribution in [1.29, 1.82) is 0 Å². The minimum absolute atomic E-state index is 0.187. The Kier molecular flexibility index (Phi) is 7.09. The van der Waals surface area contributed by atoms with Crippen LogP contribution in [0.25, 0.3) is 11.3 Å². The first kappa shape index (κ1) is 26.3. The van der Waals surface area contributed by atoms with Gasteiger partial charge in [0.25, 0.3) is 11.8 Å². The molecule has 2 amide bonds. The van der Waals surface area contributed by atoms with Crippen molar-refractivity contribution >= 4 is 23.6 Å². The summed E-state index contributed by atoms with van der Waals surface area (Å²) in [5, 5.41) is 2.41. The largest absolute Gasteiger partial charge is 0.490 e. The molecule has 0 saturated carbocycles. The Morgan fingerprint density at radius 1 is 1.12 bits per heavy atom. The number of aromatic nitrogens is 2. The van der Waals surface area contributed by atoms with Gasteiger partial charge in [-0.25, -0.2) is 14.8 Å². The van der Waals surface area contributed by atoms with E-state index >= 15 is 0 Å². The van der Waals surface area contributed by atoms with Crippen LogP contribution in [-0.2, 0) is 19.9 Å². The van der Waals surface area contributed by atoms with E-state index in [-0.39, 0.29) is 34.9 Å². The van der Waals surface area contributed by atoms with Gasteiger partial charge in [0, 0.05) is 17.7 Å². The fourth-order valence-corrected chi connectivity index (χ4v) is 2.87. The molecular weight excluding hydrogens is 476 g/mol. The van der Waals surface area contributed by atoms with Crippen molar-refractivity contribution in [3.63, 3.8) is 0 Å². The number of esters is 1. The molecule has 2 rings (SSSR count). The number of amides is 2. The molecule has 0 aliphatic heterocycles. The predicted molar refractivity (Wildman–Crippen MR) is 104 cm³/mol. The number of alkyl halides is 6. The van der Waals surface area contributed by atoms with Crippen molar-refractivity contribution in [2.45, 2.75) is 31.8 Å². The van der Waals surface area contributed by atoms with Crippen LogP contribution < -0.4 is 16.8 Å². The van der Waals surface area contributed by atoms with Gasteiger partial charge in [-0.15, -0.1) is 0 Å². The summed E-state index contributed by atoms with van der Waals surface area (Å²) in [6, 6.07) is 2.23. The molecule has 0 fully saturated rings. The number of primary amides is 1. The number of benzene rings is 1. The van der Waals surface area contributed by atoms with Gasteiger partial charge in [-0.3, -0.25) is 9.59 Å². The molecule has 1 aromatic carbocycles. The SMILES string of the molecule is CCNC(=O)c1nc(-c2cc(C(OC(=O)C(F)(F)F)(C(N)=O)C(F)(F)F)ccc2C)cnc1N. The zero-order valence-corrected chi connectivity index (χ0v) is 17.5. The molecule has 0 radical (unpaired) electrons. The first-order chi connectivity index (χ1) is 15.6. The quantitative estimate of drug-likeness (QED) is 0.412. The molecule has 9 nitrogen and oxygen atoms in total. The second-order valence-electron chi connectivity index (χ2n) is 6.81. The monoisotopic (exact) mass is 493 g/mol. The highest BCUT2D eigenvalue weighted by Gasteiger charge is 2.66. The standard InChI is InChI=1S/C19H17F6N5O4/c1-3-28-14(31)12-13(26)29-7-11(30-12)10-6-9(5-4-8(10)2)17(15(27)32,19(23,24)25)34-16(33)18(20,21)22/h4-7H,3H2,1-2H3,(H2,26,29)(H2,27,32)(H,28,31). The molecule has 5 N–H and O–H groups in total. The van der Waals surface area contributed by atoms with Crippen molar-refractivity contribution in [2.75, 3.05) is 12.3 Å². The molecule has 1 unspecified atom stereocenters. The van der Waals surface area contributed by atoms with Gasteiger partial charge >= 0.3 is 23.9 Å². The van der Waals surface area contributed by atoms with Crippen LogP contribution in [0.4, 0.5) is 32.2 Å². The molecule has 0 spiro atoms. The van der Waals surface area contributed by atoms with E-state index in [2.05, 4.69) is 20.0 Å². The summed E-state index contributed by atoms with van der Waals surface area (Å²) in [5.41, 5.74) is 4.18. The van der Waals surface area contributed by atoms with Crippen LogP contribution >= 0.6 is 0 Å². The van der Waals surface area contributed by atoms with Crippen molar-refractivity contribution in [3.05, 3.63) is 41.2 Å². The average molecular weight is 493 g/mol. The maximum Gasteiger partial charge on any atom is 0.490 e. The molecule has 184 valence electrons. The summed E-state index contributed by atoms with van der Waals surface area (Å²) in [7, 11) is 0. The molecule has 15 heteroatoms. The number of rotatable bonds is 6. The van der Waals surface area contributed by atoms with Crippen LogP contribution in [0, 0.1) is 6.92 Å². The van der Waals surface area contributed by atoms with Crippen LogP contribution in [0.5, 0.6) is 0 Å². The maximum atomic E-state index is 14.0. The third-order valence-corrected chi connectivity index (χ3v) is 4.50. The molecule has 1 atom stereocenters. The first-order valence-electron chi connectivity index (χ1n) is 9.25. The molecule has 0 bridgehead atoms. The van der Waals surface area contributed by atoms with E-state index in [9.17, 15) is 40.7 Å². The lowest BCUT2D eigenvalue weighted by Gasteiger charge is -2.33. The fraction of sp³-hybridized carbons (Fsp3) is 0.316. The number of anilines is 1. The number of nitrogen functional groups attached to an aromatic ring is 1. The third kappa shape index (κ3) is 4.87. The first-order valence-corrected chi connectivity index (χ1v) is 9.25. The normalized spacial score (nSPS) is 13.6. The highest BCUT2D eigenvalue weighted by Crippen LogP contribution is 2.44. The topological polar surface area (TPSA) is 150 Å². The van der Waals surface area contributed by atoms with Gasteiger partial charge in [-0.2, -0.15) is 26.3 Å². The smallest absolute Gasteiger partial charge is 0.427 e. The number of nitrogens with two attached hydrogens (primary N) is 2. The Hall–Kier alpha value is -3.91. The highest BCUT2D eigenvalue weighted by molar-refractivity contribution is 5.97. The Balaban J connectivity index is 2.77. The number of aryl methyl sites for hydroxylation is 1. The van der Waals surface area contributed by atoms with Crippen molar-refractivity contribution in [3.8, 4) is 11.3 Å². The van der Waals surface area contributed by atoms with E-state index in [1.807, 2.05) is 0 Å². The fourth-order valence-electron chi connectivity index (χ4n) is 2.87. The predicted octanol–water partition coefficient (Wildman–Crippen LogP) is 2.13. The number of halogens is 6. The number of nitrogens with zero attached hydrogens (tertiary/aromatic N) is 2. The Bertz CT molecular complexity index is 1140. The van der Waals surface area contributed by atoms with Gasteiger partial charge in [0.05, 0.1) is 11.9 Å². The van der Waals surface area contributed by atoms with Gasteiger partial charge in [-0.05, 0) is 25.5 Å². The molecule has 0 aliphatic rings. The van der Waals surface area contributed by atoms with E-state index < -0.39 is 41.3 Å². The van der Waals surface area contributed by atoms with Crippen LogP contribution in [0.2, 0.25) is 0 Å². The molecular formula is C19H17F6N5O4. The van der Waals surface area contributed by atoms with E-state index in [4.69, 9.17) is 11.5 Å². The maximum absolute atomic E-state index is 14.0. The summed E-state index contributed by atoms with van der Waals surface area (Å²) in [6.07, 6.45) is -10.7. The summed E-state index contributed by atoms with van der Waals surface area (Å²) < 4.78 is 83.7. The van der Waals surface area contributed by atoms with Crippen LogP contribution in [0.3, 0.4) is 0 Å². The lowest BCUT2D eigenvalue weighted by molar-refractivity contribution is -0.280. The van der Waals surface area contributed by atoms with Crippen LogP contribution in [0.15, 0.2) is 24.4 Å². The number of hydrogen-bond donors (Lipinski definition) is 3. The van der Waals surface area contributed by atoms with Crippen LogP contribution in [0.1, 0.15) is 28.5 Å². The number of hydrogen-bond acceptors (Lipinski definition) is 7. The summed E-state index contributed by atoms with van der Waals surface area (Å²) in [4.78, 5) is 43.1. The molecule has 0 aliphatic carbocycles. The van der Waals surface area contributed by atoms with Crippen molar-refractivity contribution in [1.82, 2.24) is 15.3 Å². The Labute approximate surface area is 187 Å². The number of carbonyl (C=O) groups excluding carboxylic acids is 3. The van der Waals surface area contributed by atoms with E-state index in [0.29, 0.717) is 12.1 Å². The minimum Gasteiger partial charge on any atom is -0.427 e. The van der Waals surface area contributed by atoms with Crippen LogP contribution in [-0.4, -0.2) is 46.6 Å². The average Bonchev–Trinajstić information content (AvgIpc) is 2.71. The van der Waals surface area contributed by atoms with Gasteiger partial charge < -0.3 is 21.5 Å². The van der Waals surface area contributed by atoms with E-state index in [1.165, 1.54) is 6.92 Å². The molecule has 2 aromatic rings. The van der Waals surface area contributed by atoms with Gasteiger partial charge in [0.15, 0.2) is 11.5 Å². The lowest BCUT2D eigenvalue weighted by atomic mass is 9.88. The zero-order valence-electron chi connectivity index (χ0n) is 17.5. The Morgan fingerprint density at radius 3 is 2.24 bits per heavy atom. The third-order valence-electron chi connectivity index (χ3n) is 4.50. The lowest BCUT2D eigenvalue weighted by Crippen LogP contribution is -2.57. The second-order valence-corrected chi connectivity index (χ2v) is 6.81. The zero-order chi connectivity index (χ0) is 26.1. The molecule has 1 heterocycles. The second kappa shape index (κ2) is 9.15. The number of carbonyl (C=O) groups is 3. The summed E-state index contributed by atoms with van der Waals surface area (Å²) in [6.45, 7) is 3.18. The number of ether oxygens (including phenoxy) is 1. The van der Waals surface area contributed by atoms with Crippen molar-refractivity contribution in [2.24, 2.45) is 5.73 Å². The van der Waals surface area contributed by atoms with Gasteiger partial charge in [0.2, 0.25) is 0 Å². The van der Waals surface area contributed by atoms with Gasteiger partial charge in [0.1, 0.15) is 0 Å². The summed E-state index contributed by atoms with van der Waals surface area (Å²) >= 11 is 0. The molecule has 34 heavy (non-hydrogen) atoms. The van der Waals surface area contributed by atoms with E-state index in [0.717, 1.165) is 12.3 Å². The summed E-state index contributed by atoms with van der Waals surface area (Å²) in [5.74, 6) is -6.75. The highest BCUT2D eigenvalue weighted by atomic mass is 19.4. The Morgan fingerprint density at radius 2 is 1.74 bits per heavy atom.